The van der Waals surface area contributed by atoms with E-state index >= 15 is 0 Å². The summed E-state index contributed by atoms with van der Waals surface area (Å²) in [5, 5.41) is 10.2. The van der Waals surface area contributed by atoms with Gasteiger partial charge in [0.2, 0.25) is 0 Å². The Kier molecular flexibility index (Phi) is 5.47. The predicted molar refractivity (Wildman–Crippen MR) is 86.8 cm³/mol. The van der Waals surface area contributed by atoms with E-state index in [1.165, 1.54) is 0 Å². The van der Waals surface area contributed by atoms with Crippen LogP contribution in [0, 0.1) is 5.92 Å². The Morgan fingerprint density at radius 1 is 1.45 bits per heavy atom. The highest BCUT2D eigenvalue weighted by atomic mass is 79.9. The maximum Gasteiger partial charge on any atom is 0.120 e. The van der Waals surface area contributed by atoms with Crippen molar-refractivity contribution in [2.75, 3.05) is 13.1 Å². The standard InChI is InChI=1S/C16H25BrN2O/c1-3-11-10-19(8-7-14(11)18)15(4-2)13-9-12(17)5-6-16(13)20/h5-6,9,11,14-15,20H,3-4,7-8,10,18H2,1-2H3. The van der Waals surface area contributed by atoms with E-state index in [0.29, 0.717) is 17.7 Å². The summed E-state index contributed by atoms with van der Waals surface area (Å²) < 4.78 is 1.02. The number of aromatic hydroxyl groups is 1. The summed E-state index contributed by atoms with van der Waals surface area (Å²) in [6, 6.07) is 6.29. The maximum absolute atomic E-state index is 10.2. The number of halogens is 1. The van der Waals surface area contributed by atoms with Gasteiger partial charge in [0.15, 0.2) is 0 Å². The molecule has 20 heavy (non-hydrogen) atoms. The van der Waals surface area contributed by atoms with Crippen molar-refractivity contribution in [2.45, 2.75) is 45.2 Å². The van der Waals surface area contributed by atoms with Crippen molar-refractivity contribution >= 4 is 15.9 Å². The third kappa shape index (κ3) is 3.35. The van der Waals surface area contributed by atoms with Gasteiger partial charge in [0.1, 0.15) is 5.75 Å². The van der Waals surface area contributed by atoms with Gasteiger partial charge >= 0.3 is 0 Å². The molecular formula is C16H25BrN2O. The molecule has 0 aliphatic carbocycles. The lowest BCUT2D eigenvalue weighted by molar-refractivity contribution is 0.102. The molecule has 112 valence electrons. The molecule has 1 saturated heterocycles. The second-order valence-electron chi connectivity index (χ2n) is 5.74. The topological polar surface area (TPSA) is 49.5 Å². The van der Waals surface area contributed by atoms with Crippen LogP contribution in [0.1, 0.15) is 44.7 Å². The number of rotatable bonds is 4. The summed E-state index contributed by atoms with van der Waals surface area (Å²) in [7, 11) is 0. The number of likely N-dealkylation sites (tertiary alicyclic amines) is 1. The quantitative estimate of drug-likeness (QED) is 0.879. The molecule has 1 aliphatic heterocycles. The van der Waals surface area contributed by atoms with Crippen molar-refractivity contribution in [3.05, 3.63) is 28.2 Å². The Morgan fingerprint density at radius 3 is 2.85 bits per heavy atom. The van der Waals surface area contributed by atoms with Gasteiger partial charge in [0, 0.05) is 35.2 Å². The minimum atomic E-state index is 0.272. The smallest absolute Gasteiger partial charge is 0.120 e. The summed E-state index contributed by atoms with van der Waals surface area (Å²) >= 11 is 3.50. The lowest BCUT2D eigenvalue weighted by atomic mass is 9.88. The average Bonchev–Trinajstić information content (AvgIpc) is 2.45. The van der Waals surface area contributed by atoms with Crippen LogP contribution in [0.3, 0.4) is 0 Å². The minimum Gasteiger partial charge on any atom is -0.508 e. The molecule has 1 fully saturated rings. The highest BCUT2D eigenvalue weighted by Gasteiger charge is 2.30. The zero-order valence-electron chi connectivity index (χ0n) is 12.3. The number of hydrogen-bond donors (Lipinski definition) is 2. The summed E-state index contributed by atoms with van der Waals surface area (Å²) in [5.41, 5.74) is 7.22. The normalized spacial score (nSPS) is 25.6. The highest BCUT2D eigenvalue weighted by molar-refractivity contribution is 9.10. The van der Waals surface area contributed by atoms with Crippen LogP contribution in [0.2, 0.25) is 0 Å². The Morgan fingerprint density at radius 2 is 2.20 bits per heavy atom. The third-order valence-electron chi connectivity index (χ3n) is 4.52. The van der Waals surface area contributed by atoms with Crippen LogP contribution in [-0.2, 0) is 0 Å². The molecule has 0 aromatic heterocycles. The predicted octanol–water partition coefficient (Wildman–Crippen LogP) is 3.67. The molecular weight excluding hydrogens is 316 g/mol. The number of benzene rings is 1. The summed E-state index contributed by atoms with van der Waals surface area (Å²) in [5.74, 6) is 0.954. The third-order valence-corrected chi connectivity index (χ3v) is 5.02. The van der Waals surface area contributed by atoms with Gasteiger partial charge in [-0.2, -0.15) is 0 Å². The number of phenols is 1. The van der Waals surface area contributed by atoms with Gasteiger partial charge in [-0.1, -0.05) is 36.2 Å². The first-order valence-electron chi connectivity index (χ1n) is 7.54. The van der Waals surface area contributed by atoms with E-state index in [9.17, 15) is 5.11 Å². The van der Waals surface area contributed by atoms with Gasteiger partial charge in [-0.15, -0.1) is 0 Å². The molecule has 1 aromatic rings. The number of nitrogens with two attached hydrogens (primary N) is 1. The van der Waals surface area contributed by atoms with Crippen molar-refractivity contribution in [1.29, 1.82) is 0 Å². The second-order valence-corrected chi connectivity index (χ2v) is 6.66. The first kappa shape index (κ1) is 15.8. The Bertz CT molecular complexity index is 452. The van der Waals surface area contributed by atoms with E-state index in [2.05, 4.69) is 34.7 Å². The largest absolute Gasteiger partial charge is 0.508 e. The van der Waals surface area contributed by atoms with Crippen LogP contribution in [0.15, 0.2) is 22.7 Å². The van der Waals surface area contributed by atoms with Crippen molar-refractivity contribution in [2.24, 2.45) is 11.7 Å². The Balaban J connectivity index is 2.21. The number of piperidine rings is 1. The first-order valence-corrected chi connectivity index (χ1v) is 8.34. The van der Waals surface area contributed by atoms with Crippen LogP contribution < -0.4 is 5.73 Å². The van der Waals surface area contributed by atoms with Crippen molar-refractivity contribution in [1.82, 2.24) is 4.90 Å². The van der Waals surface area contributed by atoms with Crippen LogP contribution in [0.4, 0.5) is 0 Å². The SMILES string of the molecule is CCC1CN(C(CC)c2cc(Br)ccc2O)CCC1N. The highest BCUT2D eigenvalue weighted by Crippen LogP contribution is 2.35. The fraction of sp³-hybridized carbons (Fsp3) is 0.625. The van der Waals surface area contributed by atoms with E-state index < -0.39 is 0 Å². The summed E-state index contributed by atoms with van der Waals surface area (Å²) in [6.45, 7) is 6.44. The molecule has 1 aromatic carbocycles. The number of phenolic OH excluding ortho intramolecular Hbond substituents is 1. The summed E-state index contributed by atoms with van der Waals surface area (Å²) in [6.07, 6.45) is 3.16. The van der Waals surface area contributed by atoms with Crippen molar-refractivity contribution in [3.63, 3.8) is 0 Å². The van der Waals surface area contributed by atoms with Gasteiger partial charge < -0.3 is 10.8 Å². The Labute approximate surface area is 130 Å². The first-order chi connectivity index (χ1) is 9.56. The molecule has 0 spiro atoms. The molecule has 3 atom stereocenters. The van der Waals surface area contributed by atoms with E-state index in [4.69, 9.17) is 5.73 Å². The van der Waals surface area contributed by atoms with Crippen LogP contribution in [-0.4, -0.2) is 29.1 Å². The van der Waals surface area contributed by atoms with Crippen LogP contribution in [0.5, 0.6) is 5.75 Å². The molecule has 2 rings (SSSR count). The Hall–Kier alpha value is -0.580. The van der Waals surface area contributed by atoms with E-state index in [-0.39, 0.29) is 6.04 Å². The zero-order chi connectivity index (χ0) is 14.7. The second kappa shape index (κ2) is 6.92. The zero-order valence-corrected chi connectivity index (χ0v) is 13.9. The van der Waals surface area contributed by atoms with Gasteiger partial charge in [-0.3, -0.25) is 4.90 Å². The monoisotopic (exact) mass is 340 g/mol. The molecule has 1 aliphatic rings. The molecule has 0 bridgehead atoms. The fourth-order valence-electron chi connectivity index (χ4n) is 3.26. The molecule has 3 N–H and O–H groups in total. The molecule has 3 unspecified atom stereocenters. The molecule has 0 radical (unpaired) electrons. The van der Waals surface area contributed by atoms with Crippen LogP contribution in [0.25, 0.3) is 0 Å². The van der Waals surface area contributed by atoms with Crippen molar-refractivity contribution < 1.29 is 5.11 Å². The summed E-state index contributed by atoms with van der Waals surface area (Å²) in [4.78, 5) is 2.49. The van der Waals surface area contributed by atoms with Gasteiger partial charge in [-0.05, 0) is 37.0 Å². The molecule has 3 nitrogen and oxygen atoms in total. The molecule has 0 saturated carbocycles. The van der Waals surface area contributed by atoms with Gasteiger partial charge in [-0.25, -0.2) is 0 Å². The molecule has 4 heteroatoms. The lowest BCUT2D eigenvalue weighted by Crippen LogP contribution is -2.47. The minimum absolute atomic E-state index is 0.272. The van der Waals surface area contributed by atoms with Crippen LogP contribution >= 0.6 is 15.9 Å². The molecule has 0 amide bonds. The van der Waals surface area contributed by atoms with E-state index in [1.807, 2.05) is 12.1 Å². The number of nitrogens with zero attached hydrogens (tertiary/aromatic N) is 1. The number of hydrogen-bond acceptors (Lipinski definition) is 3. The van der Waals surface area contributed by atoms with E-state index in [1.54, 1.807) is 6.07 Å². The molecule has 1 heterocycles. The van der Waals surface area contributed by atoms with Gasteiger partial charge in [0.05, 0.1) is 0 Å². The fourth-order valence-corrected chi connectivity index (χ4v) is 3.64. The average molecular weight is 341 g/mol. The van der Waals surface area contributed by atoms with E-state index in [0.717, 1.165) is 42.4 Å². The van der Waals surface area contributed by atoms with Gasteiger partial charge in [0.25, 0.3) is 0 Å². The maximum atomic E-state index is 10.2. The van der Waals surface area contributed by atoms with Crippen molar-refractivity contribution in [3.8, 4) is 5.75 Å². The lowest BCUT2D eigenvalue weighted by Gasteiger charge is -2.41.